The number of benzene rings is 1. The second kappa shape index (κ2) is 7.48. The Morgan fingerprint density at radius 1 is 1.23 bits per heavy atom. The summed E-state index contributed by atoms with van der Waals surface area (Å²) in [6.45, 7) is 1.35. The van der Waals surface area contributed by atoms with E-state index in [0.717, 1.165) is 6.54 Å². The van der Waals surface area contributed by atoms with Crippen LogP contribution < -0.4 is 16.0 Å². The first-order valence-corrected chi connectivity index (χ1v) is 6.78. The van der Waals surface area contributed by atoms with Crippen LogP contribution in [0.1, 0.15) is 0 Å². The summed E-state index contributed by atoms with van der Waals surface area (Å²) in [6.07, 6.45) is 0. The summed E-state index contributed by atoms with van der Waals surface area (Å²) in [5.41, 5.74) is 0.454. The molecule has 0 aliphatic carbocycles. The van der Waals surface area contributed by atoms with E-state index in [4.69, 9.17) is 11.6 Å². The monoisotopic (exact) mass is 323 g/mol. The summed E-state index contributed by atoms with van der Waals surface area (Å²) < 4.78 is 0. The van der Waals surface area contributed by atoms with E-state index in [0.29, 0.717) is 18.2 Å². The number of hydrogen-bond donors (Lipinski definition) is 3. The van der Waals surface area contributed by atoms with Gasteiger partial charge in [0.15, 0.2) is 0 Å². The molecule has 10 heteroatoms. The van der Waals surface area contributed by atoms with Crippen molar-refractivity contribution in [2.24, 2.45) is 0 Å². The smallest absolute Gasteiger partial charge is 0.271 e. The van der Waals surface area contributed by atoms with Gasteiger partial charge in [0.2, 0.25) is 17.2 Å². The van der Waals surface area contributed by atoms with Gasteiger partial charge in [-0.25, -0.2) is 0 Å². The van der Waals surface area contributed by atoms with Crippen LogP contribution >= 0.6 is 11.6 Å². The van der Waals surface area contributed by atoms with Crippen molar-refractivity contribution in [2.75, 3.05) is 30.8 Å². The fourth-order valence-corrected chi connectivity index (χ4v) is 1.77. The van der Waals surface area contributed by atoms with Crippen LogP contribution in [0.2, 0.25) is 5.28 Å². The van der Waals surface area contributed by atoms with Crippen LogP contribution in [-0.4, -0.2) is 40.0 Å². The Labute approximate surface area is 131 Å². The zero-order chi connectivity index (χ0) is 15.9. The number of aromatic nitrogens is 3. The maximum Gasteiger partial charge on any atom is 0.271 e. The normalized spacial score (nSPS) is 10.3. The number of likely N-dealkylation sites (N-methyl/N-ethyl adjacent to an activating group) is 1. The van der Waals surface area contributed by atoms with Gasteiger partial charge < -0.3 is 16.0 Å². The van der Waals surface area contributed by atoms with E-state index in [1.807, 2.05) is 7.05 Å². The largest absolute Gasteiger partial charge is 0.353 e. The first-order valence-electron chi connectivity index (χ1n) is 6.40. The third-order valence-electron chi connectivity index (χ3n) is 2.58. The molecule has 0 amide bonds. The lowest BCUT2D eigenvalue weighted by Gasteiger charge is -2.08. The van der Waals surface area contributed by atoms with Crippen molar-refractivity contribution in [1.29, 1.82) is 0 Å². The van der Waals surface area contributed by atoms with Crippen LogP contribution in [0.25, 0.3) is 0 Å². The number of anilines is 3. The highest BCUT2D eigenvalue weighted by Crippen LogP contribution is 2.20. The molecule has 0 bridgehead atoms. The Morgan fingerprint density at radius 2 is 2.00 bits per heavy atom. The molecule has 22 heavy (non-hydrogen) atoms. The molecule has 2 rings (SSSR count). The van der Waals surface area contributed by atoms with E-state index in [9.17, 15) is 10.1 Å². The standard InChI is InChI=1S/C12H14ClN7O2/c1-14-5-6-15-11-17-10(13)18-12(19-11)16-8-3-2-4-9(7-8)20(21)22/h2-4,7,14H,5-6H2,1H3,(H2,15,16,17,18,19). The minimum absolute atomic E-state index is 0.0230. The van der Waals surface area contributed by atoms with E-state index < -0.39 is 4.92 Å². The third-order valence-corrected chi connectivity index (χ3v) is 2.75. The van der Waals surface area contributed by atoms with E-state index in [-0.39, 0.29) is 16.9 Å². The Morgan fingerprint density at radius 3 is 2.73 bits per heavy atom. The third kappa shape index (κ3) is 4.50. The van der Waals surface area contributed by atoms with Gasteiger partial charge in [-0.1, -0.05) is 6.07 Å². The molecule has 0 atom stereocenters. The van der Waals surface area contributed by atoms with Gasteiger partial charge in [-0.2, -0.15) is 15.0 Å². The number of rotatable bonds is 7. The second-order valence-corrected chi connectivity index (χ2v) is 4.55. The van der Waals surface area contributed by atoms with Crippen molar-refractivity contribution in [3.05, 3.63) is 39.7 Å². The topological polar surface area (TPSA) is 118 Å². The molecule has 116 valence electrons. The van der Waals surface area contributed by atoms with Crippen molar-refractivity contribution in [3.8, 4) is 0 Å². The van der Waals surface area contributed by atoms with Gasteiger partial charge >= 0.3 is 0 Å². The van der Waals surface area contributed by atoms with Crippen LogP contribution in [0, 0.1) is 10.1 Å². The van der Waals surface area contributed by atoms with Gasteiger partial charge in [-0.05, 0) is 24.7 Å². The van der Waals surface area contributed by atoms with Crippen LogP contribution in [0.5, 0.6) is 0 Å². The molecule has 1 heterocycles. The van der Waals surface area contributed by atoms with Gasteiger partial charge in [-0.15, -0.1) is 0 Å². The Kier molecular flexibility index (Phi) is 5.39. The van der Waals surface area contributed by atoms with Gasteiger partial charge in [0, 0.05) is 30.9 Å². The molecule has 0 fully saturated rings. The predicted octanol–water partition coefficient (Wildman–Crippen LogP) is 1.81. The van der Waals surface area contributed by atoms with Gasteiger partial charge in [-0.3, -0.25) is 10.1 Å². The van der Waals surface area contributed by atoms with Gasteiger partial charge in [0.05, 0.1) is 4.92 Å². The van der Waals surface area contributed by atoms with E-state index >= 15 is 0 Å². The highest BCUT2D eigenvalue weighted by Gasteiger charge is 2.08. The maximum atomic E-state index is 10.8. The molecule has 1 aromatic carbocycles. The molecular formula is C12H14ClN7O2. The van der Waals surface area contributed by atoms with E-state index in [2.05, 4.69) is 30.9 Å². The zero-order valence-electron chi connectivity index (χ0n) is 11.7. The minimum Gasteiger partial charge on any atom is -0.353 e. The fraction of sp³-hybridized carbons (Fsp3) is 0.250. The van der Waals surface area contributed by atoms with Crippen molar-refractivity contribution in [2.45, 2.75) is 0 Å². The van der Waals surface area contributed by atoms with Gasteiger partial charge in [0.25, 0.3) is 5.69 Å². The molecule has 0 aliphatic rings. The van der Waals surface area contributed by atoms with Crippen molar-refractivity contribution < 1.29 is 4.92 Å². The van der Waals surface area contributed by atoms with Gasteiger partial charge in [0.1, 0.15) is 0 Å². The first-order chi connectivity index (χ1) is 10.6. The lowest BCUT2D eigenvalue weighted by atomic mass is 10.3. The second-order valence-electron chi connectivity index (χ2n) is 4.21. The summed E-state index contributed by atoms with van der Waals surface area (Å²) in [4.78, 5) is 22.3. The van der Waals surface area contributed by atoms with Crippen LogP contribution in [0.4, 0.5) is 23.3 Å². The summed E-state index contributed by atoms with van der Waals surface area (Å²) in [5, 5.41) is 19.6. The average Bonchev–Trinajstić information content (AvgIpc) is 2.47. The lowest BCUT2D eigenvalue weighted by Crippen LogP contribution is -2.19. The summed E-state index contributed by atoms with van der Waals surface area (Å²) in [7, 11) is 1.83. The van der Waals surface area contributed by atoms with Crippen LogP contribution in [0.3, 0.4) is 0 Å². The van der Waals surface area contributed by atoms with E-state index in [1.54, 1.807) is 12.1 Å². The van der Waals surface area contributed by atoms with Crippen LogP contribution in [-0.2, 0) is 0 Å². The number of nitro groups is 1. The molecule has 9 nitrogen and oxygen atoms in total. The quantitative estimate of drug-likeness (QED) is 0.401. The molecule has 0 aliphatic heterocycles. The number of hydrogen-bond acceptors (Lipinski definition) is 8. The number of nitro benzene ring substituents is 1. The molecule has 0 spiro atoms. The predicted molar refractivity (Wildman–Crippen MR) is 83.6 cm³/mol. The highest BCUT2D eigenvalue weighted by atomic mass is 35.5. The summed E-state index contributed by atoms with van der Waals surface area (Å²) >= 11 is 5.84. The summed E-state index contributed by atoms with van der Waals surface area (Å²) in [5.74, 6) is 0.524. The number of nitrogens with zero attached hydrogens (tertiary/aromatic N) is 4. The van der Waals surface area contributed by atoms with Crippen LogP contribution in [0.15, 0.2) is 24.3 Å². The Hall–Kier alpha value is -2.52. The maximum absolute atomic E-state index is 10.8. The van der Waals surface area contributed by atoms with Crippen molar-refractivity contribution in [3.63, 3.8) is 0 Å². The molecule has 0 saturated carbocycles. The molecule has 3 N–H and O–H groups in total. The molecule has 0 unspecified atom stereocenters. The number of halogens is 1. The van der Waals surface area contributed by atoms with Crippen molar-refractivity contribution >= 4 is 34.9 Å². The minimum atomic E-state index is -0.476. The first kappa shape index (κ1) is 15.9. The molecule has 0 saturated heterocycles. The molecule has 2 aromatic rings. The van der Waals surface area contributed by atoms with E-state index in [1.165, 1.54) is 12.1 Å². The highest BCUT2D eigenvalue weighted by molar-refractivity contribution is 6.28. The Balaban J connectivity index is 2.15. The lowest BCUT2D eigenvalue weighted by molar-refractivity contribution is -0.384. The zero-order valence-corrected chi connectivity index (χ0v) is 12.5. The number of nitrogens with one attached hydrogen (secondary N) is 3. The van der Waals surface area contributed by atoms with Crippen molar-refractivity contribution in [1.82, 2.24) is 20.3 Å². The fourth-order valence-electron chi connectivity index (χ4n) is 1.61. The number of non-ortho nitro benzene ring substituents is 1. The SMILES string of the molecule is CNCCNc1nc(Cl)nc(Nc2cccc([N+](=O)[O-])c2)n1. The summed E-state index contributed by atoms with van der Waals surface area (Å²) in [6, 6.07) is 6.01. The average molecular weight is 324 g/mol. The Bertz CT molecular complexity index is 668. The molecule has 0 radical (unpaired) electrons. The molecular weight excluding hydrogens is 310 g/mol. The molecule has 1 aromatic heterocycles.